The third-order valence-electron chi connectivity index (χ3n) is 4.37. The first-order valence-electron chi connectivity index (χ1n) is 8.84. The molecule has 1 heterocycles. The summed E-state index contributed by atoms with van der Waals surface area (Å²) in [5, 5.41) is 16.8. The molecule has 26 heavy (non-hydrogen) atoms. The van der Waals surface area contributed by atoms with Gasteiger partial charge in [0.15, 0.2) is 11.5 Å². The molecule has 6 heteroatoms. The average Bonchev–Trinajstić information content (AvgIpc) is 2.69. The zero-order valence-corrected chi connectivity index (χ0v) is 15.3. The average molecular weight is 355 g/mol. The number of methoxy groups -OCH3 is 1. The molecule has 0 bridgehead atoms. The molecule has 2 aromatic rings. The Hall–Kier alpha value is -2.89. The van der Waals surface area contributed by atoms with Gasteiger partial charge in [0.25, 0.3) is 0 Å². The molecule has 0 aliphatic carbocycles. The van der Waals surface area contributed by atoms with Crippen LogP contribution in [-0.4, -0.2) is 56.2 Å². The maximum absolute atomic E-state index is 10.2. The number of phenols is 1. The number of piperazine rings is 1. The highest BCUT2D eigenvalue weighted by atomic mass is 16.5. The quantitative estimate of drug-likeness (QED) is 0.808. The number of para-hydroxylation sites is 3. The van der Waals surface area contributed by atoms with Crippen molar-refractivity contribution in [3.05, 3.63) is 48.0 Å². The lowest BCUT2D eigenvalue weighted by Crippen LogP contribution is -2.44. The summed E-state index contributed by atoms with van der Waals surface area (Å²) in [6, 6.07) is 13.5. The molecule has 0 unspecified atom stereocenters. The Bertz CT molecular complexity index is 756. The second kappa shape index (κ2) is 8.47. The summed E-state index contributed by atoms with van der Waals surface area (Å²) < 4.78 is 10.9. The van der Waals surface area contributed by atoms with Crippen molar-refractivity contribution in [3.8, 4) is 17.2 Å². The van der Waals surface area contributed by atoms with E-state index in [2.05, 4.69) is 16.1 Å². The molecule has 3 rings (SSSR count). The molecule has 1 N–H and O–H groups in total. The molecule has 0 radical (unpaired) electrons. The van der Waals surface area contributed by atoms with Crippen LogP contribution in [0.5, 0.6) is 17.2 Å². The van der Waals surface area contributed by atoms with Gasteiger partial charge < -0.3 is 19.5 Å². The Morgan fingerprint density at radius 1 is 1.04 bits per heavy atom. The van der Waals surface area contributed by atoms with Crippen LogP contribution in [0.25, 0.3) is 0 Å². The summed E-state index contributed by atoms with van der Waals surface area (Å²) in [6.07, 6.45) is 1.69. The highest BCUT2D eigenvalue weighted by Crippen LogP contribution is 2.29. The van der Waals surface area contributed by atoms with E-state index in [4.69, 9.17) is 9.47 Å². The predicted octanol–water partition coefficient (Wildman–Crippen LogP) is 2.96. The van der Waals surface area contributed by atoms with Gasteiger partial charge in [-0.1, -0.05) is 18.2 Å². The fourth-order valence-electron chi connectivity index (χ4n) is 3.00. The molecule has 1 saturated heterocycles. The number of ether oxygens (including phenoxy) is 2. The minimum Gasteiger partial charge on any atom is -0.504 e. The molecule has 0 aromatic heterocycles. The minimum atomic E-state index is 0.130. The largest absolute Gasteiger partial charge is 0.504 e. The molecule has 1 aliphatic heterocycles. The van der Waals surface area contributed by atoms with Gasteiger partial charge in [-0.05, 0) is 31.2 Å². The summed E-state index contributed by atoms with van der Waals surface area (Å²) >= 11 is 0. The van der Waals surface area contributed by atoms with E-state index in [0.29, 0.717) is 17.9 Å². The maximum Gasteiger partial charge on any atom is 0.166 e. The van der Waals surface area contributed by atoms with Crippen LogP contribution in [0.4, 0.5) is 5.69 Å². The van der Waals surface area contributed by atoms with E-state index in [1.54, 1.807) is 19.4 Å². The second-order valence-corrected chi connectivity index (χ2v) is 5.98. The van der Waals surface area contributed by atoms with E-state index in [0.717, 1.165) is 37.6 Å². The normalized spacial score (nSPS) is 14.7. The van der Waals surface area contributed by atoms with E-state index >= 15 is 0 Å². The van der Waals surface area contributed by atoms with Crippen LogP contribution < -0.4 is 14.4 Å². The lowest BCUT2D eigenvalue weighted by Gasteiger charge is -2.35. The molecule has 1 fully saturated rings. The summed E-state index contributed by atoms with van der Waals surface area (Å²) in [6.45, 7) is 5.74. The maximum atomic E-state index is 10.2. The molecule has 0 atom stereocenters. The third kappa shape index (κ3) is 4.02. The van der Waals surface area contributed by atoms with Gasteiger partial charge in [-0.3, -0.25) is 5.01 Å². The first kappa shape index (κ1) is 17.9. The van der Waals surface area contributed by atoms with Gasteiger partial charge in [0, 0.05) is 18.7 Å². The zero-order chi connectivity index (χ0) is 18.4. The van der Waals surface area contributed by atoms with Crippen molar-refractivity contribution in [2.24, 2.45) is 5.10 Å². The van der Waals surface area contributed by atoms with Crippen molar-refractivity contribution >= 4 is 11.9 Å². The summed E-state index contributed by atoms with van der Waals surface area (Å²) in [7, 11) is 1.70. The molecular formula is C20H25N3O3. The first-order valence-corrected chi connectivity index (χ1v) is 8.84. The summed E-state index contributed by atoms with van der Waals surface area (Å²) in [4.78, 5) is 2.30. The van der Waals surface area contributed by atoms with Gasteiger partial charge in [-0.2, -0.15) is 5.10 Å². The van der Waals surface area contributed by atoms with Gasteiger partial charge in [0.2, 0.25) is 0 Å². The number of benzene rings is 2. The molecule has 0 amide bonds. The second-order valence-electron chi connectivity index (χ2n) is 5.98. The van der Waals surface area contributed by atoms with Gasteiger partial charge in [0.1, 0.15) is 5.75 Å². The van der Waals surface area contributed by atoms with E-state index < -0.39 is 0 Å². The molecular weight excluding hydrogens is 330 g/mol. The number of phenolic OH excluding ortho intramolecular Hbond substituents is 1. The smallest absolute Gasteiger partial charge is 0.166 e. The summed E-state index contributed by atoms with van der Waals surface area (Å²) in [5.41, 5.74) is 1.77. The number of aromatic hydroxyl groups is 1. The Balaban J connectivity index is 1.62. The van der Waals surface area contributed by atoms with Gasteiger partial charge >= 0.3 is 0 Å². The van der Waals surface area contributed by atoms with Crippen molar-refractivity contribution in [3.63, 3.8) is 0 Å². The van der Waals surface area contributed by atoms with Crippen molar-refractivity contribution in [2.75, 3.05) is 44.8 Å². The fourth-order valence-corrected chi connectivity index (χ4v) is 3.00. The van der Waals surface area contributed by atoms with Crippen LogP contribution in [-0.2, 0) is 0 Å². The predicted molar refractivity (Wildman–Crippen MR) is 104 cm³/mol. The summed E-state index contributed by atoms with van der Waals surface area (Å²) in [5.74, 6) is 1.50. The molecule has 0 spiro atoms. The van der Waals surface area contributed by atoms with Crippen LogP contribution in [0.2, 0.25) is 0 Å². The van der Waals surface area contributed by atoms with Crippen molar-refractivity contribution in [1.29, 1.82) is 0 Å². The Kier molecular flexibility index (Phi) is 5.84. The zero-order valence-electron chi connectivity index (χ0n) is 15.3. The monoisotopic (exact) mass is 355 g/mol. The van der Waals surface area contributed by atoms with Crippen LogP contribution in [0, 0.1) is 0 Å². The number of hydrogen-bond donors (Lipinski definition) is 1. The standard InChI is InChI=1S/C20H25N3O3/c1-3-26-19-10-6-7-16(20(19)24)15-21-23-13-11-22(12-14-23)17-8-4-5-9-18(17)25-2/h4-10,15,24H,3,11-14H2,1-2H3/b21-15+. The Labute approximate surface area is 154 Å². The highest BCUT2D eigenvalue weighted by Gasteiger charge is 2.18. The van der Waals surface area contributed by atoms with Crippen LogP contribution in [0.3, 0.4) is 0 Å². The van der Waals surface area contributed by atoms with Crippen LogP contribution in [0.15, 0.2) is 47.6 Å². The Morgan fingerprint density at radius 3 is 2.50 bits per heavy atom. The lowest BCUT2D eigenvalue weighted by atomic mass is 10.2. The fraction of sp³-hybridized carbons (Fsp3) is 0.350. The molecule has 2 aromatic carbocycles. The first-order chi connectivity index (χ1) is 12.7. The number of anilines is 1. The van der Waals surface area contributed by atoms with E-state index in [1.165, 1.54) is 0 Å². The molecule has 0 saturated carbocycles. The third-order valence-corrected chi connectivity index (χ3v) is 4.37. The van der Waals surface area contributed by atoms with Crippen molar-refractivity contribution in [2.45, 2.75) is 6.92 Å². The van der Waals surface area contributed by atoms with E-state index in [1.807, 2.05) is 42.3 Å². The van der Waals surface area contributed by atoms with Crippen LogP contribution >= 0.6 is 0 Å². The Morgan fingerprint density at radius 2 is 1.77 bits per heavy atom. The topological polar surface area (TPSA) is 57.5 Å². The van der Waals surface area contributed by atoms with Crippen molar-refractivity contribution in [1.82, 2.24) is 5.01 Å². The molecule has 1 aliphatic rings. The van der Waals surface area contributed by atoms with Gasteiger partial charge in [-0.15, -0.1) is 0 Å². The number of hydrazone groups is 1. The van der Waals surface area contributed by atoms with Gasteiger partial charge in [0.05, 0.1) is 38.7 Å². The number of nitrogens with zero attached hydrogens (tertiary/aromatic N) is 3. The highest BCUT2D eigenvalue weighted by molar-refractivity contribution is 5.84. The van der Waals surface area contributed by atoms with E-state index in [-0.39, 0.29) is 5.75 Å². The molecule has 138 valence electrons. The van der Waals surface area contributed by atoms with E-state index in [9.17, 15) is 5.11 Å². The lowest BCUT2D eigenvalue weighted by molar-refractivity contribution is 0.271. The molecule has 6 nitrogen and oxygen atoms in total. The minimum absolute atomic E-state index is 0.130. The number of rotatable bonds is 6. The number of hydrogen-bond acceptors (Lipinski definition) is 6. The van der Waals surface area contributed by atoms with Crippen LogP contribution in [0.1, 0.15) is 12.5 Å². The SMILES string of the molecule is CCOc1cccc(/C=N/N2CCN(c3ccccc3OC)CC2)c1O. The van der Waals surface area contributed by atoms with Crippen molar-refractivity contribution < 1.29 is 14.6 Å². The van der Waals surface area contributed by atoms with Gasteiger partial charge in [-0.25, -0.2) is 0 Å².